The molecule has 0 radical (unpaired) electrons. The SMILES string of the molecule is CNCc1cc2c(cc1OC(C)C(=O)NC(N)=O)OCO2. The summed E-state index contributed by atoms with van der Waals surface area (Å²) >= 11 is 0. The molecule has 2 rings (SSSR count). The Morgan fingerprint density at radius 2 is 2.05 bits per heavy atom. The molecule has 0 saturated heterocycles. The number of rotatable bonds is 5. The summed E-state index contributed by atoms with van der Waals surface area (Å²) < 4.78 is 16.2. The number of amides is 3. The van der Waals surface area contributed by atoms with Crippen molar-refractivity contribution in [2.75, 3.05) is 13.8 Å². The third kappa shape index (κ3) is 3.54. The zero-order chi connectivity index (χ0) is 15.4. The van der Waals surface area contributed by atoms with E-state index in [1.54, 1.807) is 19.2 Å². The molecule has 1 aromatic rings. The van der Waals surface area contributed by atoms with Crippen LogP contribution in [0, 0.1) is 0 Å². The molecule has 1 atom stereocenters. The van der Waals surface area contributed by atoms with Crippen molar-refractivity contribution in [3.05, 3.63) is 17.7 Å². The van der Waals surface area contributed by atoms with E-state index < -0.39 is 18.0 Å². The Labute approximate surface area is 121 Å². The molecule has 8 nitrogen and oxygen atoms in total. The molecule has 114 valence electrons. The van der Waals surface area contributed by atoms with Crippen molar-refractivity contribution in [1.82, 2.24) is 10.6 Å². The largest absolute Gasteiger partial charge is 0.480 e. The van der Waals surface area contributed by atoms with Gasteiger partial charge in [-0.05, 0) is 20.0 Å². The van der Waals surface area contributed by atoms with Gasteiger partial charge in [0.2, 0.25) is 6.79 Å². The van der Waals surface area contributed by atoms with Gasteiger partial charge in [0.1, 0.15) is 5.75 Å². The normalized spacial score (nSPS) is 13.6. The van der Waals surface area contributed by atoms with E-state index in [0.717, 1.165) is 5.56 Å². The molecule has 4 N–H and O–H groups in total. The highest BCUT2D eigenvalue weighted by Crippen LogP contribution is 2.38. The van der Waals surface area contributed by atoms with Gasteiger partial charge in [0.25, 0.3) is 5.91 Å². The van der Waals surface area contributed by atoms with Gasteiger partial charge in [-0.2, -0.15) is 0 Å². The van der Waals surface area contributed by atoms with Crippen LogP contribution in [0.25, 0.3) is 0 Å². The summed E-state index contributed by atoms with van der Waals surface area (Å²) in [4.78, 5) is 22.3. The van der Waals surface area contributed by atoms with Gasteiger partial charge >= 0.3 is 6.03 Å². The van der Waals surface area contributed by atoms with Crippen LogP contribution < -0.4 is 30.6 Å². The molecule has 1 heterocycles. The van der Waals surface area contributed by atoms with Gasteiger partial charge in [-0.3, -0.25) is 10.1 Å². The number of benzene rings is 1. The van der Waals surface area contributed by atoms with Crippen LogP contribution in [-0.4, -0.2) is 31.9 Å². The van der Waals surface area contributed by atoms with Gasteiger partial charge < -0.3 is 25.3 Å². The van der Waals surface area contributed by atoms with E-state index in [-0.39, 0.29) is 6.79 Å². The highest BCUT2D eigenvalue weighted by atomic mass is 16.7. The Balaban J connectivity index is 2.18. The summed E-state index contributed by atoms with van der Waals surface area (Å²) in [6, 6.07) is 2.52. The van der Waals surface area contributed by atoms with E-state index >= 15 is 0 Å². The first-order valence-corrected chi connectivity index (χ1v) is 6.35. The van der Waals surface area contributed by atoms with Crippen molar-refractivity contribution in [3.8, 4) is 17.2 Å². The average molecular weight is 295 g/mol. The zero-order valence-electron chi connectivity index (χ0n) is 11.8. The number of carbonyl (C=O) groups excluding carboxylic acids is 2. The van der Waals surface area contributed by atoms with Crippen molar-refractivity contribution in [3.63, 3.8) is 0 Å². The predicted molar refractivity (Wildman–Crippen MR) is 73.1 cm³/mol. The van der Waals surface area contributed by atoms with Crippen LogP contribution >= 0.6 is 0 Å². The molecule has 21 heavy (non-hydrogen) atoms. The summed E-state index contributed by atoms with van der Waals surface area (Å²) in [5, 5.41) is 4.97. The van der Waals surface area contributed by atoms with E-state index in [9.17, 15) is 9.59 Å². The van der Waals surface area contributed by atoms with Gasteiger partial charge in [0, 0.05) is 18.2 Å². The van der Waals surface area contributed by atoms with E-state index in [1.165, 1.54) is 6.92 Å². The van der Waals surface area contributed by atoms with E-state index in [0.29, 0.717) is 23.8 Å². The Bertz CT molecular complexity index is 561. The number of primary amides is 1. The minimum absolute atomic E-state index is 0.148. The lowest BCUT2D eigenvalue weighted by atomic mass is 10.1. The first kappa shape index (κ1) is 14.9. The molecule has 0 fully saturated rings. The molecule has 1 unspecified atom stereocenters. The van der Waals surface area contributed by atoms with Crippen molar-refractivity contribution in [2.45, 2.75) is 19.6 Å². The number of hydrogen-bond acceptors (Lipinski definition) is 6. The monoisotopic (exact) mass is 295 g/mol. The zero-order valence-corrected chi connectivity index (χ0v) is 11.8. The number of nitrogens with two attached hydrogens (primary N) is 1. The number of ether oxygens (including phenoxy) is 3. The molecule has 0 bridgehead atoms. The quantitative estimate of drug-likeness (QED) is 0.710. The lowest BCUT2D eigenvalue weighted by Gasteiger charge is -2.17. The fourth-order valence-corrected chi connectivity index (χ4v) is 1.87. The van der Waals surface area contributed by atoms with E-state index in [2.05, 4.69) is 5.32 Å². The number of carbonyl (C=O) groups is 2. The molecule has 0 aliphatic carbocycles. The fraction of sp³-hybridized carbons (Fsp3) is 0.385. The number of fused-ring (bicyclic) bond motifs is 1. The topological polar surface area (TPSA) is 112 Å². The molecule has 1 aliphatic heterocycles. The number of urea groups is 1. The Morgan fingerprint density at radius 3 is 2.67 bits per heavy atom. The molecular formula is C13H17N3O5. The molecule has 3 amide bonds. The molecule has 1 aromatic carbocycles. The minimum Gasteiger partial charge on any atom is -0.480 e. The van der Waals surface area contributed by atoms with E-state index in [4.69, 9.17) is 19.9 Å². The second-order valence-electron chi connectivity index (χ2n) is 4.46. The van der Waals surface area contributed by atoms with Crippen LogP contribution in [0.2, 0.25) is 0 Å². The van der Waals surface area contributed by atoms with Crippen LogP contribution in [0.3, 0.4) is 0 Å². The second kappa shape index (κ2) is 6.31. The summed E-state index contributed by atoms with van der Waals surface area (Å²) in [6.45, 7) is 2.19. The van der Waals surface area contributed by atoms with Gasteiger partial charge in [0.05, 0.1) is 0 Å². The first-order chi connectivity index (χ1) is 10.0. The van der Waals surface area contributed by atoms with Crippen LogP contribution in [0.15, 0.2) is 12.1 Å². The Hall–Kier alpha value is -2.48. The van der Waals surface area contributed by atoms with Crippen LogP contribution in [-0.2, 0) is 11.3 Å². The smallest absolute Gasteiger partial charge is 0.318 e. The average Bonchev–Trinajstić information content (AvgIpc) is 2.85. The minimum atomic E-state index is -0.920. The van der Waals surface area contributed by atoms with E-state index in [1.807, 2.05) is 5.32 Å². The summed E-state index contributed by atoms with van der Waals surface area (Å²) in [5.74, 6) is 1.03. The first-order valence-electron chi connectivity index (χ1n) is 6.35. The highest BCUT2D eigenvalue weighted by Gasteiger charge is 2.22. The molecule has 1 aliphatic rings. The predicted octanol–water partition coefficient (Wildman–Crippen LogP) is 0.0969. The van der Waals surface area contributed by atoms with Gasteiger partial charge in [-0.25, -0.2) is 4.79 Å². The fourth-order valence-electron chi connectivity index (χ4n) is 1.87. The Kier molecular flexibility index (Phi) is 4.49. The molecular weight excluding hydrogens is 278 g/mol. The number of hydrogen-bond donors (Lipinski definition) is 3. The number of imide groups is 1. The van der Waals surface area contributed by atoms with Crippen LogP contribution in [0.5, 0.6) is 17.2 Å². The maximum Gasteiger partial charge on any atom is 0.318 e. The highest BCUT2D eigenvalue weighted by molar-refractivity contribution is 5.95. The molecule has 0 saturated carbocycles. The summed E-state index contributed by atoms with van der Waals surface area (Å²) in [7, 11) is 1.79. The summed E-state index contributed by atoms with van der Waals surface area (Å²) in [5.41, 5.74) is 5.71. The standard InChI is InChI=1S/C13H17N3O5/c1-7(12(17)16-13(14)18)21-9-4-11-10(19-6-20-11)3-8(9)5-15-2/h3-4,7,15H,5-6H2,1-2H3,(H3,14,16,17,18). The lowest BCUT2D eigenvalue weighted by molar-refractivity contribution is -0.126. The Morgan fingerprint density at radius 1 is 1.38 bits per heavy atom. The molecule has 8 heteroatoms. The lowest BCUT2D eigenvalue weighted by Crippen LogP contribution is -2.42. The van der Waals surface area contributed by atoms with Gasteiger partial charge in [-0.1, -0.05) is 0 Å². The van der Waals surface area contributed by atoms with Crippen LogP contribution in [0.4, 0.5) is 4.79 Å². The summed E-state index contributed by atoms with van der Waals surface area (Å²) in [6.07, 6.45) is -0.881. The van der Waals surface area contributed by atoms with Crippen LogP contribution in [0.1, 0.15) is 12.5 Å². The van der Waals surface area contributed by atoms with Crippen molar-refractivity contribution >= 4 is 11.9 Å². The third-order valence-electron chi connectivity index (χ3n) is 2.84. The van der Waals surface area contributed by atoms with Crippen molar-refractivity contribution in [1.29, 1.82) is 0 Å². The maximum absolute atomic E-state index is 11.7. The maximum atomic E-state index is 11.7. The van der Waals surface area contributed by atoms with Crippen molar-refractivity contribution < 1.29 is 23.8 Å². The third-order valence-corrected chi connectivity index (χ3v) is 2.84. The van der Waals surface area contributed by atoms with Gasteiger partial charge in [-0.15, -0.1) is 0 Å². The molecule has 0 aromatic heterocycles. The van der Waals surface area contributed by atoms with Gasteiger partial charge in [0.15, 0.2) is 17.6 Å². The number of nitrogens with one attached hydrogen (secondary N) is 2. The van der Waals surface area contributed by atoms with Crippen molar-refractivity contribution in [2.24, 2.45) is 5.73 Å². The molecule has 0 spiro atoms. The second-order valence-corrected chi connectivity index (χ2v) is 4.46.